The molecular weight excluding hydrogens is 263 g/mol. The van der Waals surface area contributed by atoms with E-state index in [9.17, 15) is 8.78 Å². The highest BCUT2D eigenvalue weighted by Crippen LogP contribution is 2.36. The molecule has 0 aromatic carbocycles. The van der Waals surface area contributed by atoms with Crippen LogP contribution < -0.4 is 0 Å². The van der Waals surface area contributed by atoms with Gasteiger partial charge in [0, 0.05) is 11.8 Å². The van der Waals surface area contributed by atoms with Crippen molar-refractivity contribution >= 4 is 13.2 Å². The first kappa shape index (κ1) is 15.1. The van der Waals surface area contributed by atoms with Crippen molar-refractivity contribution in [1.82, 2.24) is 4.98 Å². The summed E-state index contributed by atoms with van der Waals surface area (Å²) in [6.07, 6.45) is 0.384. The van der Waals surface area contributed by atoms with Gasteiger partial charge in [0.15, 0.2) is 0 Å². The zero-order valence-electron chi connectivity index (χ0n) is 12.1. The minimum Gasteiger partial charge on any atom is -0.400 e. The molecule has 2 rings (SSSR count). The second-order valence-electron chi connectivity index (χ2n) is 5.80. The molecule has 0 radical (unpaired) electrons. The number of halogens is 2. The van der Waals surface area contributed by atoms with E-state index in [2.05, 4.69) is 4.98 Å². The third-order valence-corrected chi connectivity index (χ3v) is 3.76. The average molecular weight is 281 g/mol. The second kappa shape index (κ2) is 5.26. The van der Waals surface area contributed by atoms with E-state index in [0.717, 1.165) is 0 Å². The first-order chi connectivity index (χ1) is 9.21. The zero-order chi connectivity index (χ0) is 15.0. The van der Waals surface area contributed by atoms with Crippen LogP contribution in [0.15, 0.2) is 24.3 Å². The maximum absolute atomic E-state index is 12.4. The Bertz CT molecular complexity index is 484. The van der Waals surface area contributed by atoms with E-state index in [0.29, 0.717) is 5.69 Å². The number of hydrogen-bond donors (Lipinski definition) is 0. The Hall–Kier alpha value is -1.27. The minimum atomic E-state index is -2.50. The lowest BCUT2D eigenvalue weighted by Gasteiger charge is -2.32. The van der Waals surface area contributed by atoms with Crippen LogP contribution in [0.2, 0.25) is 0 Å². The molecule has 1 aromatic heterocycles. The maximum atomic E-state index is 12.4. The first-order valence-electron chi connectivity index (χ1n) is 6.49. The third kappa shape index (κ3) is 3.07. The second-order valence-corrected chi connectivity index (χ2v) is 5.80. The summed E-state index contributed by atoms with van der Waals surface area (Å²) in [6, 6.07) is 2.91. The predicted octanol–water partition coefficient (Wildman–Crippen LogP) is 3.66. The Morgan fingerprint density at radius 3 is 2.20 bits per heavy atom. The molecule has 0 saturated carbocycles. The van der Waals surface area contributed by atoms with Gasteiger partial charge in [0.2, 0.25) is 0 Å². The van der Waals surface area contributed by atoms with Gasteiger partial charge in [0.1, 0.15) is 0 Å². The molecule has 1 saturated heterocycles. The van der Waals surface area contributed by atoms with Crippen LogP contribution in [0.5, 0.6) is 0 Å². The number of rotatable bonds is 3. The number of alkyl halides is 2. The Morgan fingerprint density at radius 2 is 1.75 bits per heavy atom. The fourth-order valence-corrected chi connectivity index (χ4v) is 1.79. The molecule has 1 fully saturated rings. The van der Waals surface area contributed by atoms with Gasteiger partial charge in [0.25, 0.3) is 6.43 Å². The van der Waals surface area contributed by atoms with Gasteiger partial charge in [-0.3, -0.25) is 4.98 Å². The third-order valence-electron chi connectivity index (χ3n) is 3.76. The lowest BCUT2D eigenvalue weighted by atomic mass is 9.89. The fourth-order valence-electron chi connectivity index (χ4n) is 1.79. The lowest BCUT2D eigenvalue weighted by Crippen LogP contribution is -2.41. The summed E-state index contributed by atoms with van der Waals surface area (Å²) >= 11 is 0. The molecule has 2 heterocycles. The van der Waals surface area contributed by atoms with Crippen molar-refractivity contribution in [1.29, 1.82) is 0 Å². The highest BCUT2D eigenvalue weighted by molar-refractivity contribution is 6.52. The van der Waals surface area contributed by atoms with Crippen LogP contribution in [-0.4, -0.2) is 23.3 Å². The Labute approximate surface area is 118 Å². The molecule has 20 heavy (non-hydrogen) atoms. The van der Waals surface area contributed by atoms with Gasteiger partial charge in [0.05, 0.1) is 16.9 Å². The monoisotopic (exact) mass is 281 g/mol. The molecule has 0 amide bonds. The van der Waals surface area contributed by atoms with Crippen LogP contribution in [0, 0.1) is 0 Å². The topological polar surface area (TPSA) is 31.4 Å². The number of nitrogens with zero attached hydrogens (tertiary/aromatic N) is 1. The summed E-state index contributed by atoms with van der Waals surface area (Å²) in [4.78, 5) is 3.96. The van der Waals surface area contributed by atoms with Crippen molar-refractivity contribution in [2.75, 3.05) is 0 Å². The molecule has 0 unspecified atom stereocenters. The van der Waals surface area contributed by atoms with Gasteiger partial charge in [-0.1, -0.05) is 5.98 Å². The van der Waals surface area contributed by atoms with Crippen LogP contribution >= 0.6 is 0 Å². The van der Waals surface area contributed by atoms with E-state index >= 15 is 0 Å². The molecule has 0 spiro atoms. The lowest BCUT2D eigenvalue weighted by molar-refractivity contribution is 0.00578. The highest BCUT2D eigenvalue weighted by atomic mass is 19.3. The normalized spacial score (nSPS) is 21.1. The molecule has 1 aromatic rings. The summed E-state index contributed by atoms with van der Waals surface area (Å²) in [7, 11) is -0.462. The molecule has 0 N–H and O–H groups in total. The molecule has 108 valence electrons. The van der Waals surface area contributed by atoms with Crippen LogP contribution in [0.4, 0.5) is 8.78 Å². The molecule has 0 atom stereocenters. The van der Waals surface area contributed by atoms with Gasteiger partial charge in [-0.05, 0) is 45.9 Å². The number of aromatic nitrogens is 1. The zero-order valence-corrected chi connectivity index (χ0v) is 12.1. The molecule has 1 aliphatic rings. The minimum absolute atomic E-state index is 0.0854. The summed E-state index contributed by atoms with van der Waals surface area (Å²) in [5.41, 5.74) is -0.286. The van der Waals surface area contributed by atoms with E-state index in [1.807, 2.05) is 27.7 Å². The van der Waals surface area contributed by atoms with E-state index < -0.39 is 24.7 Å². The van der Waals surface area contributed by atoms with E-state index in [1.54, 1.807) is 18.1 Å². The molecule has 0 bridgehead atoms. The first-order valence-corrected chi connectivity index (χ1v) is 6.49. The largest absolute Gasteiger partial charge is 0.487 e. The van der Waals surface area contributed by atoms with E-state index in [-0.39, 0.29) is 5.56 Å². The average Bonchev–Trinajstić information content (AvgIpc) is 2.56. The molecule has 0 aliphatic carbocycles. The summed E-state index contributed by atoms with van der Waals surface area (Å²) < 4.78 is 36.4. The maximum Gasteiger partial charge on any atom is 0.487 e. The van der Waals surface area contributed by atoms with Gasteiger partial charge >= 0.3 is 7.12 Å². The smallest absolute Gasteiger partial charge is 0.400 e. The SMILES string of the molecule is CC1(C)OB(/C=C/c2ccc(C(F)F)cn2)OC1(C)C. The number of hydrogen-bond acceptors (Lipinski definition) is 3. The fraction of sp³-hybridized carbons (Fsp3) is 0.500. The predicted molar refractivity (Wildman–Crippen MR) is 74.3 cm³/mol. The van der Waals surface area contributed by atoms with Gasteiger partial charge < -0.3 is 9.31 Å². The number of pyridine rings is 1. The van der Waals surface area contributed by atoms with Crippen molar-refractivity contribution in [2.24, 2.45) is 0 Å². The van der Waals surface area contributed by atoms with Crippen LogP contribution in [-0.2, 0) is 9.31 Å². The van der Waals surface area contributed by atoms with Crippen LogP contribution in [0.1, 0.15) is 45.4 Å². The van der Waals surface area contributed by atoms with Crippen molar-refractivity contribution in [3.05, 3.63) is 35.6 Å². The van der Waals surface area contributed by atoms with Crippen LogP contribution in [0.25, 0.3) is 6.08 Å². The molecule has 3 nitrogen and oxygen atoms in total. The summed E-state index contributed by atoms with van der Waals surface area (Å²) in [5, 5.41) is 0. The van der Waals surface area contributed by atoms with Gasteiger partial charge in [-0.15, -0.1) is 0 Å². The molecular formula is C14H18BF2NO2. The molecule has 1 aliphatic heterocycles. The van der Waals surface area contributed by atoms with Gasteiger partial charge in [-0.2, -0.15) is 0 Å². The quantitative estimate of drug-likeness (QED) is 0.792. The highest BCUT2D eigenvalue weighted by Gasteiger charge is 2.49. The van der Waals surface area contributed by atoms with Crippen molar-refractivity contribution < 1.29 is 18.1 Å². The Morgan fingerprint density at radius 1 is 1.15 bits per heavy atom. The summed E-state index contributed by atoms with van der Waals surface area (Å²) in [6.45, 7) is 7.88. The van der Waals surface area contributed by atoms with Crippen LogP contribution in [0.3, 0.4) is 0 Å². The Balaban J connectivity index is 2.04. The molecule has 6 heteroatoms. The van der Waals surface area contributed by atoms with Crippen molar-refractivity contribution in [2.45, 2.75) is 45.3 Å². The van der Waals surface area contributed by atoms with E-state index in [1.165, 1.54) is 12.3 Å². The van der Waals surface area contributed by atoms with Crippen molar-refractivity contribution in [3.63, 3.8) is 0 Å². The Kier molecular flexibility index (Phi) is 3.98. The van der Waals surface area contributed by atoms with Crippen molar-refractivity contribution in [3.8, 4) is 0 Å². The standard InChI is InChI=1S/C14H18BF2NO2/c1-13(2)14(3,4)20-15(19-13)8-7-11-6-5-10(9-18-11)12(16)17/h5-9,12H,1-4H3/b8-7+. The van der Waals surface area contributed by atoms with Gasteiger partial charge in [-0.25, -0.2) is 8.78 Å². The van der Waals surface area contributed by atoms with E-state index in [4.69, 9.17) is 9.31 Å². The summed E-state index contributed by atoms with van der Waals surface area (Å²) in [5.74, 6) is 1.74.